The van der Waals surface area contributed by atoms with Crippen LogP contribution in [0.25, 0.3) is 11.0 Å². The Kier molecular flexibility index (Phi) is 5.56. The van der Waals surface area contributed by atoms with Crippen LogP contribution in [-0.4, -0.2) is 48.2 Å². The second kappa shape index (κ2) is 7.41. The minimum absolute atomic E-state index is 0.981. The van der Waals surface area contributed by atoms with Gasteiger partial charge in [-0.1, -0.05) is 19.1 Å². The first kappa shape index (κ1) is 15.0. The molecule has 4 heteroatoms. The highest BCUT2D eigenvalue weighted by atomic mass is 15.1. The lowest BCUT2D eigenvalue weighted by molar-refractivity contribution is 0.393. The Morgan fingerprint density at radius 1 is 1.20 bits per heavy atom. The summed E-state index contributed by atoms with van der Waals surface area (Å²) >= 11 is 0. The van der Waals surface area contributed by atoms with Crippen molar-refractivity contribution in [2.45, 2.75) is 26.3 Å². The lowest BCUT2D eigenvalue weighted by Gasteiger charge is -2.11. The minimum atomic E-state index is 0.981. The molecule has 1 heterocycles. The molecule has 2 rings (SSSR count). The molecular formula is C16H26N4. The van der Waals surface area contributed by atoms with Gasteiger partial charge in [-0.05, 0) is 45.7 Å². The smallest absolute Gasteiger partial charge is 0.109 e. The molecule has 0 unspecified atom stereocenters. The molecular weight excluding hydrogens is 248 g/mol. The van der Waals surface area contributed by atoms with Crippen molar-refractivity contribution >= 4 is 11.0 Å². The van der Waals surface area contributed by atoms with Crippen molar-refractivity contribution in [2.24, 2.45) is 0 Å². The monoisotopic (exact) mass is 274 g/mol. The van der Waals surface area contributed by atoms with E-state index in [4.69, 9.17) is 4.98 Å². The number of hydrogen-bond donors (Lipinski definition) is 1. The molecule has 1 N–H and O–H groups in total. The Bertz CT molecular complexity index is 530. The predicted molar refractivity (Wildman–Crippen MR) is 85.2 cm³/mol. The lowest BCUT2D eigenvalue weighted by atomic mass is 10.3. The Balaban J connectivity index is 1.89. The molecule has 0 aliphatic rings. The van der Waals surface area contributed by atoms with Crippen LogP contribution in [0.2, 0.25) is 0 Å². The zero-order valence-corrected chi connectivity index (χ0v) is 12.9. The van der Waals surface area contributed by atoms with Crippen LogP contribution >= 0.6 is 0 Å². The summed E-state index contributed by atoms with van der Waals surface area (Å²) in [6.45, 7) is 6.38. The molecule has 20 heavy (non-hydrogen) atoms. The van der Waals surface area contributed by atoms with Crippen molar-refractivity contribution in [3.05, 3.63) is 30.1 Å². The van der Waals surface area contributed by atoms with Crippen molar-refractivity contribution in [2.75, 3.05) is 33.7 Å². The van der Waals surface area contributed by atoms with E-state index in [-0.39, 0.29) is 0 Å². The number of aromatic nitrogens is 2. The molecule has 1 aromatic carbocycles. The van der Waals surface area contributed by atoms with Gasteiger partial charge in [-0.15, -0.1) is 0 Å². The molecule has 0 saturated carbocycles. The summed E-state index contributed by atoms with van der Waals surface area (Å²) in [5, 5.41) is 3.52. The molecule has 0 atom stereocenters. The van der Waals surface area contributed by atoms with Crippen LogP contribution in [0.3, 0.4) is 0 Å². The van der Waals surface area contributed by atoms with Crippen LogP contribution in [0, 0.1) is 0 Å². The molecule has 0 aliphatic carbocycles. The lowest BCUT2D eigenvalue weighted by Crippen LogP contribution is -2.24. The van der Waals surface area contributed by atoms with Gasteiger partial charge in [0.2, 0.25) is 0 Å². The maximum Gasteiger partial charge on any atom is 0.109 e. The Hall–Kier alpha value is -1.39. The van der Waals surface area contributed by atoms with Gasteiger partial charge in [-0.25, -0.2) is 4.98 Å². The summed E-state index contributed by atoms with van der Waals surface area (Å²) in [5.74, 6) is 1.18. The summed E-state index contributed by atoms with van der Waals surface area (Å²) in [6, 6.07) is 8.39. The number of imidazole rings is 1. The van der Waals surface area contributed by atoms with Crippen LogP contribution < -0.4 is 5.32 Å². The summed E-state index contributed by atoms with van der Waals surface area (Å²) < 4.78 is 2.34. The number of para-hydroxylation sites is 2. The van der Waals surface area contributed by atoms with Crippen LogP contribution in [0.15, 0.2) is 24.3 Å². The Morgan fingerprint density at radius 3 is 2.75 bits per heavy atom. The predicted octanol–water partition coefficient (Wildman–Crippen LogP) is 2.14. The number of nitrogens with one attached hydrogen (secondary N) is 1. The Labute approximate surface area is 121 Å². The topological polar surface area (TPSA) is 33.1 Å². The third kappa shape index (κ3) is 3.81. The molecule has 0 fully saturated rings. The maximum atomic E-state index is 4.70. The number of fused-ring (bicyclic) bond motifs is 1. The first-order valence-corrected chi connectivity index (χ1v) is 7.52. The molecule has 2 aromatic rings. The highest BCUT2D eigenvalue weighted by Crippen LogP contribution is 2.15. The van der Waals surface area contributed by atoms with Crippen LogP contribution in [-0.2, 0) is 13.0 Å². The fourth-order valence-corrected chi connectivity index (χ4v) is 2.48. The first-order chi connectivity index (χ1) is 9.72. The molecule has 0 radical (unpaired) electrons. The average Bonchev–Trinajstić information content (AvgIpc) is 2.80. The molecule has 0 bridgehead atoms. The van der Waals surface area contributed by atoms with Crippen molar-refractivity contribution < 1.29 is 0 Å². The fraction of sp³-hybridized carbons (Fsp3) is 0.562. The highest BCUT2D eigenvalue weighted by molar-refractivity contribution is 5.75. The SMILES string of the molecule is CCc1nc2ccccc2n1CCNCCCN(C)C. The van der Waals surface area contributed by atoms with Crippen LogP contribution in [0.5, 0.6) is 0 Å². The number of benzene rings is 1. The molecule has 0 spiro atoms. The summed E-state index contributed by atoms with van der Waals surface area (Å²) in [6.07, 6.45) is 2.17. The molecule has 0 saturated heterocycles. The molecule has 4 nitrogen and oxygen atoms in total. The largest absolute Gasteiger partial charge is 0.327 e. The molecule has 1 aromatic heterocycles. The van der Waals surface area contributed by atoms with E-state index in [1.807, 2.05) is 0 Å². The fourth-order valence-electron chi connectivity index (χ4n) is 2.48. The quantitative estimate of drug-likeness (QED) is 0.749. The van der Waals surface area contributed by atoms with Gasteiger partial charge in [0.1, 0.15) is 5.82 Å². The zero-order valence-electron chi connectivity index (χ0n) is 12.9. The van der Waals surface area contributed by atoms with E-state index in [1.165, 1.54) is 17.8 Å². The van der Waals surface area contributed by atoms with Gasteiger partial charge in [0.05, 0.1) is 11.0 Å². The van der Waals surface area contributed by atoms with Gasteiger partial charge in [0.15, 0.2) is 0 Å². The van der Waals surface area contributed by atoms with Gasteiger partial charge >= 0.3 is 0 Å². The number of aryl methyl sites for hydroxylation is 1. The van der Waals surface area contributed by atoms with Gasteiger partial charge in [-0.3, -0.25) is 0 Å². The standard InChI is InChI=1S/C16H26N4/c1-4-16-18-14-8-5-6-9-15(14)20(16)13-11-17-10-7-12-19(2)3/h5-6,8-9,17H,4,7,10-13H2,1-3H3. The van der Waals surface area contributed by atoms with Gasteiger partial charge in [-0.2, -0.15) is 0 Å². The zero-order chi connectivity index (χ0) is 14.4. The number of nitrogens with zero attached hydrogens (tertiary/aromatic N) is 3. The van der Waals surface area contributed by atoms with Gasteiger partial charge in [0, 0.05) is 19.5 Å². The third-order valence-corrected chi connectivity index (χ3v) is 3.52. The number of hydrogen-bond acceptors (Lipinski definition) is 3. The average molecular weight is 274 g/mol. The van der Waals surface area contributed by atoms with Crippen LogP contribution in [0.1, 0.15) is 19.2 Å². The van der Waals surface area contributed by atoms with E-state index in [0.29, 0.717) is 0 Å². The van der Waals surface area contributed by atoms with Crippen molar-refractivity contribution in [3.63, 3.8) is 0 Å². The van der Waals surface area contributed by atoms with E-state index in [0.717, 1.165) is 38.1 Å². The van der Waals surface area contributed by atoms with E-state index < -0.39 is 0 Å². The minimum Gasteiger partial charge on any atom is -0.327 e. The maximum absolute atomic E-state index is 4.70. The molecule has 0 amide bonds. The van der Waals surface area contributed by atoms with Crippen molar-refractivity contribution in [3.8, 4) is 0 Å². The van der Waals surface area contributed by atoms with E-state index in [2.05, 4.69) is 60.1 Å². The van der Waals surface area contributed by atoms with E-state index in [9.17, 15) is 0 Å². The molecule has 110 valence electrons. The summed E-state index contributed by atoms with van der Waals surface area (Å²) in [7, 11) is 4.23. The van der Waals surface area contributed by atoms with Gasteiger partial charge < -0.3 is 14.8 Å². The highest BCUT2D eigenvalue weighted by Gasteiger charge is 2.07. The first-order valence-electron chi connectivity index (χ1n) is 7.52. The van der Waals surface area contributed by atoms with Gasteiger partial charge in [0.25, 0.3) is 0 Å². The number of rotatable bonds is 8. The second-order valence-corrected chi connectivity index (χ2v) is 5.43. The second-order valence-electron chi connectivity index (χ2n) is 5.43. The Morgan fingerprint density at radius 2 is 2.00 bits per heavy atom. The van der Waals surface area contributed by atoms with E-state index >= 15 is 0 Å². The van der Waals surface area contributed by atoms with E-state index in [1.54, 1.807) is 0 Å². The summed E-state index contributed by atoms with van der Waals surface area (Å²) in [5.41, 5.74) is 2.36. The third-order valence-electron chi connectivity index (χ3n) is 3.52. The van der Waals surface area contributed by atoms with Crippen molar-refractivity contribution in [1.82, 2.24) is 19.8 Å². The normalized spacial score (nSPS) is 11.6. The van der Waals surface area contributed by atoms with Crippen molar-refractivity contribution in [1.29, 1.82) is 0 Å². The summed E-state index contributed by atoms with van der Waals surface area (Å²) in [4.78, 5) is 6.92. The van der Waals surface area contributed by atoms with Crippen LogP contribution in [0.4, 0.5) is 0 Å². The molecule has 0 aliphatic heterocycles.